The monoisotopic (exact) mass is 252 g/mol. The third-order valence-electron chi connectivity index (χ3n) is 3.14. The van der Waals surface area contributed by atoms with Gasteiger partial charge in [0.05, 0.1) is 24.9 Å². The molecule has 2 unspecified atom stereocenters. The number of benzene rings is 1. The Labute approximate surface area is 107 Å². The van der Waals surface area contributed by atoms with Crippen LogP contribution in [0.5, 0.6) is 5.75 Å². The van der Waals surface area contributed by atoms with Crippen LogP contribution in [0.3, 0.4) is 0 Å². The SMILES string of the molecule is CCC1CN(CC(O)CO)c2cc(N)ccc2O1. The fourth-order valence-corrected chi connectivity index (χ4v) is 2.14. The molecule has 100 valence electrons. The van der Waals surface area contributed by atoms with Gasteiger partial charge in [-0.3, -0.25) is 0 Å². The van der Waals surface area contributed by atoms with E-state index in [9.17, 15) is 5.11 Å². The zero-order valence-electron chi connectivity index (χ0n) is 10.5. The van der Waals surface area contributed by atoms with Crippen molar-refractivity contribution in [1.29, 1.82) is 0 Å². The number of fused-ring (bicyclic) bond motifs is 1. The molecule has 2 atom stereocenters. The van der Waals surface area contributed by atoms with Crippen molar-refractivity contribution in [1.82, 2.24) is 0 Å². The van der Waals surface area contributed by atoms with Crippen LogP contribution in [0.25, 0.3) is 0 Å². The number of ether oxygens (including phenoxy) is 1. The number of rotatable bonds is 4. The fraction of sp³-hybridized carbons (Fsp3) is 0.538. The number of hydrogen-bond donors (Lipinski definition) is 3. The molecule has 5 nitrogen and oxygen atoms in total. The molecule has 18 heavy (non-hydrogen) atoms. The molecule has 2 rings (SSSR count). The summed E-state index contributed by atoms with van der Waals surface area (Å²) in [7, 11) is 0. The molecule has 0 saturated heterocycles. The maximum absolute atomic E-state index is 9.60. The lowest BCUT2D eigenvalue weighted by Gasteiger charge is -2.37. The number of nitrogens with zero attached hydrogens (tertiary/aromatic N) is 1. The Kier molecular flexibility index (Phi) is 3.93. The Morgan fingerprint density at radius 2 is 2.33 bits per heavy atom. The number of nitrogens with two attached hydrogens (primary N) is 1. The van der Waals surface area contributed by atoms with Crippen molar-refractivity contribution < 1.29 is 14.9 Å². The first-order chi connectivity index (χ1) is 8.63. The van der Waals surface area contributed by atoms with E-state index in [1.807, 2.05) is 17.0 Å². The van der Waals surface area contributed by atoms with Gasteiger partial charge in [-0.05, 0) is 24.6 Å². The molecule has 5 heteroatoms. The first-order valence-corrected chi connectivity index (χ1v) is 6.24. The van der Waals surface area contributed by atoms with Crippen LogP contribution in [0.2, 0.25) is 0 Å². The van der Waals surface area contributed by atoms with Crippen LogP contribution in [0.15, 0.2) is 18.2 Å². The molecule has 4 N–H and O–H groups in total. The summed E-state index contributed by atoms with van der Waals surface area (Å²) in [4.78, 5) is 2.02. The molecule has 0 bridgehead atoms. The van der Waals surface area contributed by atoms with Crippen molar-refractivity contribution in [3.8, 4) is 5.75 Å². The average Bonchev–Trinajstić information content (AvgIpc) is 2.38. The van der Waals surface area contributed by atoms with Gasteiger partial charge >= 0.3 is 0 Å². The summed E-state index contributed by atoms with van der Waals surface area (Å²) in [6, 6.07) is 5.49. The van der Waals surface area contributed by atoms with E-state index in [2.05, 4.69) is 6.92 Å². The standard InChI is InChI=1S/C13H20N2O3/c1-2-11-7-15(6-10(17)8-16)12-5-9(14)3-4-13(12)18-11/h3-5,10-11,16-17H,2,6-8,14H2,1H3. The summed E-state index contributed by atoms with van der Waals surface area (Å²) in [6.45, 7) is 2.90. The highest BCUT2D eigenvalue weighted by atomic mass is 16.5. The van der Waals surface area contributed by atoms with Gasteiger partial charge in [0.15, 0.2) is 0 Å². The van der Waals surface area contributed by atoms with Crippen molar-refractivity contribution in [3.05, 3.63) is 18.2 Å². The largest absolute Gasteiger partial charge is 0.486 e. The normalized spacial score (nSPS) is 20.2. The van der Waals surface area contributed by atoms with Crippen molar-refractivity contribution in [3.63, 3.8) is 0 Å². The Hall–Kier alpha value is -1.46. The van der Waals surface area contributed by atoms with E-state index in [1.54, 1.807) is 6.07 Å². The highest BCUT2D eigenvalue weighted by molar-refractivity contribution is 5.66. The molecule has 1 aliphatic rings. The third-order valence-corrected chi connectivity index (χ3v) is 3.14. The van der Waals surface area contributed by atoms with Gasteiger partial charge in [0.1, 0.15) is 11.9 Å². The van der Waals surface area contributed by atoms with Crippen LogP contribution in [0, 0.1) is 0 Å². The molecule has 1 aromatic carbocycles. The predicted octanol–water partition coefficient (Wildman–Crippen LogP) is 0.599. The summed E-state index contributed by atoms with van der Waals surface area (Å²) in [5, 5.41) is 18.6. The number of β-amino-alcohol motifs (C(OH)–C–C–N with tert-alkyl or cyclic N) is 1. The van der Waals surface area contributed by atoms with Gasteiger partial charge in [0, 0.05) is 12.2 Å². The van der Waals surface area contributed by atoms with Gasteiger partial charge in [0.2, 0.25) is 0 Å². The Bertz CT molecular complexity index is 411. The summed E-state index contributed by atoms with van der Waals surface area (Å²) in [6.07, 6.45) is 0.247. The molecule has 0 aromatic heterocycles. The van der Waals surface area contributed by atoms with Crippen molar-refractivity contribution in [2.24, 2.45) is 0 Å². The highest BCUT2D eigenvalue weighted by Gasteiger charge is 2.26. The van der Waals surface area contributed by atoms with Crippen LogP contribution >= 0.6 is 0 Å². The summed E-state index contributed by atoms with van der Waals surface area (Å²) in [5.41, 5.74) is 7.32. The molecule has 0 fully saturated rings. The van der Waals surface area contributed by atoms with Crippen molar-refractivity contribution in [2.45, 2.75) is 25.6 Å². The number of aliphatic hydroxyl groups is 2. The number of anilines is 2. The second-order valence-corrected chi connectivity index (χ2v) is 4.62. The Morgan fingerprint density at radius 3 is 3.00 bits per heavy atom. The van der Waals surface area contributed by atoms with Crippen LogP contribution in [-0.4, -0.2) is 42.1 Å². The summed E-state index contributed by atoms with van der Waals surface area (Å²) in [5.74, 6) is 0.785. The number of nitrogen functional groups attached to an aromatic ring is 1. The molecule has 1 aliphatic heterocycles. The van der Waals surface area contributed by atoms with Crippen LogP contribution in [-0.2, 0) is 0 Å². The first-order valence-electron chi connectivity index (χ1n) is 6.24. The van der Waals surface area contributed by atoms with Crippen LogP contribution in [0.1, 0.15) is 13.3 Å². The smallest absolute Gasteiger partial charge is 0.143 e. The minimum absolute atomic E-state index is 0.104. The number of aliphatic hydroxyl groups excluding tert-OH is 2. The second-order valence-electron chi connectivity index (χ2n) is 4.62. The summed E-state index contributed by atoms with van der Waals surface area (Å²) < 4.78 is 5.84. The maximum atomic E-state index is 9.60. The molecule has 0 saturated carbocycles. The molecule has 0 spiro atoms. The second kappa shape index (κ2) is 5.46. The molecular formula is C13H20N2O3. The molecule has 0 aliphatic carbocycles. The van der Waals surface area contributed by atoms with E-state index in [4.69, 9.17) is 15.6 Å². The quantitative estimate of drug-likeness (QED) is 0.684. The molecule has 0 amide bonds. The van der Waals surface area contributed by atoms with E-state index in [0.29, 0.717) is 18.8 Å². The van der Waals surface area contributed by atoms with E-state index in [-0.39, 0.29) is 12.7 Å². The van der Waals surface area contributed by atoms with Gasteiger partial charge in [-0.25, -0.2) is 0 Å². The van der Waals surface area contributed by atoms with Gasteiger partial charge in [0.25, 0.3) is 0 Å². The van der Waals surface area contributed by atoms with Crippen molar-refractivity contribution in [2.75, 3.05) is 30.3 Å². The Morgan fingerprint density at radius 1 is 1.56 bits per heavy atom. The first kappa shape index (κ1) is 13.0. The van der Waals surface area contributed by atoms with E-state index in [1.165, 1.54) is 0 Å². The van der Waals surface area contributed by atoms with Gasteiger partial charge in [-0.2, -0.15) is 0 Å². The lowest BCUT2D eigenvalue weighted by molar-refractivity contribution is 0.0951. The van der Waals surface area contributed by atoms with Crippen molar-refractivity contribution >= 4 is 11.4 Å². The topological polar surface area (TPSA) is 79.0 Å². The lowest BCUT2D eigenvalue weighted by Crippen LogP contribution is -2.44. The van der Waals surface area contributed by atoms with Gasteiger partial charge < -0.3 is 25.6 Å². The zero-order chi connectivity index (χ0) is 13.1. The maximum Gasteiger partial charge on any atom is 0.143 e. The molecule has 0 radical (unpaired) electrons. The van der Waals surface area contributed by atoms with Gasteiger partial charge in [-0.1, -0.05) is 6.92 Å². The lowest BCUT2D eigenvalue weighted by atomic mass is 10.1. The summed E-state index contributed by atoms with van der Waals surface area (Å²) >= 11 is 0. The molecule has 1 aromatic rings. The average molecular weight is 252 g/mol. The van der Waals surface area contributed by atoms with E-state index in [0.717, 1.165) is 17.9 Å². The molecule has 1 heterocycles. The van der Waals surface area contributed by atoms with Gasteiger partial charge in [-0.15, -0.1) is 0 Å². The minimum Gasteiger partial charge on any atom is -0.486 e. The van der Waals surface area contributed by atoms with Crippen LogP contribution < -0.4 is 15.4 Å². The van der Waals surface area contributed by atoms with Crippen LogP contribution in [0.4, 0.5) is 11.4 Å². The highest BCUT2D eigenvalue weighted by Crippen LogP contribution is 2.35. The Balaban J connectivity index is 2.26. The third kappa shape index (κ3) is 2.68. The number of hydrogen-bond acceptors (Lipinski definition) is 5. The molecular weight excluding hydrogens is 232 g/mol. The fourth-order valence-electron chi connectivity index (χ4n) is 2.14. The van der Waals surface area contributed by atoms with E-state index >= 15 is 0 Å². The van der Waals surface area contributed by atoms with E-state index < -0.39 is 6.10 Å². The minimum atomic E-state index is -0.755. The zero-order valence-corrected chi connectivity index (χ0v) is 10.5. The predicted molar refractivity (Wildman–Crippen MR) is 70.9 cm³/mol.